The molecule has 1 N–H and O–H groups in total. The zero-order valence-corrected chi connectivity index (χ0v) is 15.6. The van der Waals surface area contributed by atoms with Gasteiger partial charge in [-0.2, -0.15) is 0 Å². The van der Waals surface area contributed by atoms with Gasteiger partial charge in [0.05, 0.1) is 12.1 Å². The number of carbonyl (C=O) groups excluding carboxylic acids is 1. The minimum atomic E-state index is -0.200. The summed E-state index contributed by atoms with van der Waals surface area (Å²) in [6.45, 7) is 10.8. The van der Waals surface area contributed by atoms with Gasteiger partial charge in [0.25, 0.3) is 0 Å². The molecular weight excluding hydrogens is 318 g/mol. The van der Waals surface area contributed by atoms with E-state index in [2.05, 4.69) is 31.2 Å². The number of aromatic nitrogens is 1. The Morgan fingerprint density at radius 3 is 2.64 bits per heavy atom. The van der Waals surface area contributed by atoms with Crippen molar-refractivity contribution in [2.75, 3.05) is 6.54 Å². The topological polar surface area (TPSA) is 71.5 Å². The summed E-state index contributed by atoms with van der Waals surface area (Å²) >= 11 is 0. The van der Waals surface area contributed by atoms with Crippen LogP contribution in [0.2, 0.25) is 0 Å². The Labute approximate surface area is 148 Å². The number of likely N-dealkylation sites (tertiary alicyclic amines) is 1. The van der Waals surface area contributed by atoms with E-state index in [1.54, 1.807) is 0 Å². The van der Waals surface area contributed by atoms with Crippen LogP contribution in [0.15, 0.2) is 27.1 Å². The minimum absolute atomic E-state index is 0.0311. The fraction of sp³-hybridized carbons (Fsp3) is 0.579. The quantitative estimate of drug-likeness (QED) is 0.888. The van der Waals surface area contributed by atoms with E-state index in [-0.39, 0.29) is 23.5 Å². The van der Waals surface area contributed by atoms with E-state index in [0.29, 0.717) is 0 Å². The van der Waals surface area contributed by atoms with Crippen LogP contribution in [0, 0.1) is 19.3 Å². The van der Waals surface area contributed by atoms with Crippen molar-refractivity contribution in [1.82, 2.24) is 15.4 Å². The van der Waals surface area contributed by atoms with E-state index in [1.807, 2.05) is 36.9 Å². The molecule has 1 saturated heterocycles. The van der Waals surface area contributed by atoms with Gasteiger partial charge in [0.1, 0.15) is 23.0 Å². The van der Waals surface area contributed by atoms with E-state index in [4.69, 9.17) is 8.94 Å². The molecule has 0 radical (unpaired) electrons. The van der Waals surface area contributed by atoms with Crippen LogP contribution in [-0.4, -0.2) is 22.6 Å². The van der Waals surface area contributed by atoms with E-state index in [1.165, 1.54) is 0 Å². The average molecular weight is 345 g/mol. The van der Waals surface area contributed by atoms with Crippen molar-refractivity contribution in [3.05, 3.63) is 41.2 Å². The van der Waals surface area contributed by atoms with E-state index < -0.39 is 0 Å². The molecule has 0 bridgehead atoms. The fourth-order valence-electron chi connectivity index (χ4n) is 3.39. The van der Waals surface area contributed by atoms with E-state index in [9.17, 15) is 4.79 Å². The van der Waals surface area contributed by atoms with Crippen LogP contribution in [0.25, 0.3) is 0 Å². The maximum Gasteiger partial charge on any atom is 0.318 e. The van der Waals surface area contributed by atoms with Gasteiger partial charge in [-0.3, -0.25) is 0 Å². The van der Waals surface area contributed by atoms with E-state index in [0.717, 1.165) is 42.4 Å². The first-order chi connectivity index (χ1) is 11.8. The lowest BCUT2D eigenvalue weighted by atomic mass is 9.85. The van der Waals surface area contributed by atoms with Crippen LogP contribution in [0.1, 0.15) is 68.7 Å². The molecule has 0 spiro atoms. The van der Waals surface area contributed by atoms with Gasteiger partial charge in [-0.15, -0.1) is 0 Å². The molecule has 0 aromatic carbocycles. The summed E-state index contributed by atoms with van der Waals surface area (Å²) in [5.41, 5.74) is 0.658. The number of furan rings is 1. The minimum Gasteiger partial charge on any atom is -0.464 e. The summed E-state index contributed by atoms with van der Waals surface area (Å²) in [4.78, 5) is 14.8. The monoisotopic (exact) mass is 345 g/mol. The number of hydrogen-bond donors (Lipinski definition) is 1. The fourth-order valence-corrected chi connectivity index (χ4v) is 3.39. The number of aryl methyl sites for hydroxylation is 2. The molecule has 1 aliphatic heterocycles. The van der Waals surface area contributed by atoms with Crippen LogP contribution in [0.3, 0.4) is 0 Å². The lowest BCUT2D eigenvalue weighted by Crippen LogP contribution is -2.44. The average Bonchev–Trinajstić information content (AvgIpc) is 3.23. The second kappa shape index (κ2) is 6.58. The first-order valence-electron chi connectivity index (χ1n) is 8.82. The highest BCUT2D eigenvalue weighted by Crippen LogP contribution is 2.36. The van der Waals surface area contributed by atoms with Gasteiger partial charge in [0.2, 0.25) is 0 Å². The molecule has 0 saturated carbocycles. The Morgan fingerprint density at radius 1 is 1.32 bits per heavy atom. The molecule has 1 aliphatic rings. The third-order valence-corrected chi connectivity index (χ3v) is 4.68. The predicted octanol–water partition coefficient (Wildman–Crippen LogP) is 4.52. The maximum atomic E-state index is 13.0. The van der Waals surface area contributed by atoms with Gasteiger partial charge in [-0.1, -0.05) is 25.9 Å². The normalized spacial score (nSPS) is 19.2. The highest BCUT2D eigenvalue weighted by molar-refractivity contribution is 5.75. The Bertz CT molecular complexity index is 741. The standard InChI is InChI=1S/C19H27N3O3/c1-12-8-9-16(24-12)17(19(3,4)5)20-18(23)22-10-6-7-15(22)14-11-13(2)25-21-14/h8-9,11,15,17H,6-7,10H2,1-5H3,(H,20,23)/t15-,17-/m0/s1. The van der Waals surface area contributed by atoms with Crippen molar-refractivity contribution in [3.8, 4) is 0 Å². The molecule has 136 valence electrons. The molecule has 3 heterocycles. The predicted molar refractivity (Wildman–Crippen MR) is 94.1 cm³/mol. The molecule has 0 aliphatic carbocycles. The summed E-state index contributed by atoms with van der Waals surface area (Å²) in [7, 11) is 0. The molecule has 2 aromatic rings. The van der Waals surface area contributed by atoms with Crippen molar-refractivity contribution < 1.29 is 13.7 Å². The summed E-state index contributed by atoms with van der Waals surface area (Å²) in [6, 6.07) is 5.46. The summed E-state index contributed by atoms with van der Waals surface area (Å²) in [6.07, 6.45) is 1.86. The molecule has 25 heavy (non-hydrogen) atoms. The van der Waals surface area contributed by atoms with Crippen LogP contribution < -0.4 is 5.32 Å². The van der Waals surface area contributed by atoms with Crippen molar-refractivity contribution >= 4 is 6.03 Å². The molecule has 6 nitrogen and oxygen atoms in total. The van der Waals surface area contributed by atoms with Crippen molar-refractivity contribution in [2.24, 2.45) is 5.41 Å². The lowest BCUT2D eigenvalue weighted by Gasteiger charge is -2.33. The SMILES string of the molecule is Cc1cc([C@@H]2CCCN2C(=O)N[C@@H](c2ccc(C)o2)C(C)(C)C)no1. The molecule has 3 rings (SSSR count). The number of hydrogen-bond acceptors (Lipinski definition) is 4. The maximum absolute atomic E-state index is 13.0. The lowest BCUT2D eigenvalue weighted by molar-refractivity contribution is 0.167. The first-order valence-corrected chi connectivity index (χ1v) is 8.82. The van der Waals surface area contributed by atoms with Crippen LogP contribution >= 0.6 is 0 Å². The molecule has 2 aromatic heterocycles. The first kappa shape index (κ1) is 17.6. The summed E-state index contributed by atoms with van der Waals surface area (Å²) in [5.74, 6) is 2.39. The highest BCUT2D eigenvalue weighted by atomic mass is 16.5. The van der Waals surface area contributed by atoms with Crippen molar-refractivity contribution in [1.29, 1.82) is 0 Å². The van der Waals surface area contributed by atoms with Gasteiger partial charge in [-0.25, -0.2) is 4.79 Å². The number of amides is 2. The molecule has 6 heteroatoms. The van der Waals surface area contributed by atoms with Crippen molar-refractivity contribution in [2.45, 2.75) is 59.5 Å². The van der Waals surface area contributed by atoms with Crippen molar-refractivity contribution in [3.63, 3.8) is 0 Å². The number of rotatable bonds is 3. The second-order valence-corrected chi connectivity index (χ2v) is 7.91. The number of nitrogens with zero attached hydrogens (tertiary/aromatic N) is 2. The Morgan fingerprint density at radius 2 is 2.08 bits per heavy atom. The van der Waals surface area contributed by atoms with Gasteiger partial charge in [-0.05, 0) is 44.2 Å². The number of carbonyl (C=O) groups is 1. The Kier molecular flexibility index (Phi) is 4.62. The zero-order valence-electron chi connectivity index (χ0n) is 15.6. The molecule has 1 fully saturated rings. The third kappa shape index (κ3) is 3.72. The second-order valence-electron chi connectivity index (χ2n) is 7.91. The van der Waals surface area contributed by atoms with Crippen LogP contribution in [0.4, 0.5) is 4.79 Å². The zero-order chi connectivity index (χ0) is 18.2. The van der Waals surface area contributed by atoms with Gasteiger partial charge >= 0.3 is 6.03 Å². The smallest absolute Gasteiger partial charge is 0.318 e. The highest BCUT2D eigenvalue weighted by Gasteiger charge is 2.36. The third-order valence-electron chi connectivity index (χ3n) is 4.68. The van der Waals surface area contributed by atoms with Gasteiger partial charge < -0.3 is 19.2 Å². The largest absolute Gasteiger partial charge is 0.464 e. The Balaban J connectivity index is 1.79. The van der Waals surface area contributed by atoms with Gasteiger partial charge in [0, 0.05) is 12.6 Å². The molecule has 0 unspecified atom stereocenters. The van der Waals surface area contributed by atoms with Gasteiger partial charge in [0.15, 0.2) is 0 Å². The summed E-state index contributed by atoms with van der Waals surface area (Å²) in [5, 5.41) is 7.27. The van der Waals surface area contributed by atoms with Crippen LogP contribution in [-0.2, 0) is 0 Å². The Hall–Kier alpha value is -2.24. The van der Waals surface area contributed by atoms with E-state index >= 15 is 0 Å². The molecule has 2 atom stereocenters. The molecule has 2 amide bonds. The molecular formula is C19H27N3O3. The van der Waals surface area contributed by atoms with Crippen LogP contribution in [0.5, 0.6) is 0 Å². The number of nitrogens with one attached hydrogen (secondary N) is 1. The summed E-state index contributed by atoms with van der Waals surface area (Å²) < 4.78 is 11.0. The number of urea groups is 1.